The zero-order valence-corrected chi connectivity index (χ0v) is 15.9. The van der Waals surface area contributed by atoms with E-state index in [0.29, 0.717) is 18.1 Å². The molecule has 1 amide bonds. The lowest BCUT2D eigenvalue weighted by Gasteiger charge is -2.17. The Kier molecular flexibility index (Phi) is 4.93. The topological polar surface area (TPSA) is 67.3 Å². The Hall–Kier alpha value is -3.41. The van der Waals surface area contributed by atoms with Crippen LogP contribution in [0.2, 0.25) is 0 Å². The monoisotopic (exact) mass is 374 g/mol. The van der Waals surface area contributed by atoms with Crippen LogP contribution in [0.25, 0.3) is 0 Å². The van der Waals surface area contributed by atoms with E-state index in [-0.39, 0.29) is 12.0 Å². The number of fused-ring (bicyclic) bond motifs is 1. The number of rotatable bonds is 5. The number of anilines is 3. The SMILES string of the molecule is CC(C)Oc1ccccc1Nc1cc(C(=O)N2CCc3ccccc32)ncn1. The highest BCUT2D eigenvalue weighted by Crippen LogP contribution is 2.30. The Morgan fingerprint density at radius 1 is 1.11 bits per heavy atom. The number of carbonyl (C=O) groups excluding carboxylic acids is 1. The van der Waals surface area contributed by atoms with Crippen molar-refractivity contribution < 1.29 is 9.53 Å². The lowest BCUT2D eigenvalue weighted by atomic mass is 10.2. The maximum Gasteiger partial charge on any atom is 0.277 e. The van der Waals surface area contributed by atoms with Gasteiger partial charge in [-0.25, -0.2) is 9.97 Å². The summed E-state index contributed by atoms with van der Waals surface area (Å²) in [7, 11) is 0. The summed E-state index contributed by atoms with van der Waals surface area (Å²) in [5.41, 5.74) is 3.29. The van der Waals surface area contributed by atoms with Crippen LogP contribution in [0.5, 0.6) is 5.75 Å². The van der Waals surface area contributed by atoms with E-state index in [1.54, 1.807) is 11.0 Å². The molecule has 1 aliphatic rings. The number of nitrogens with zero attached hydrogens (tertiary/aromatic N) is 3. The second kappa shape index (κ2) is 7.68. The van der Waals surface area contributed by atoms with E-state index in [1.165, 1.54) is 11.9 Å². The normalized spacial score (nSPS) is 12.8. The second-order valence-electron chi connectivity index (χ2n) is 6.91. The predicted octanol–water partition coefficient (Wildman–Crippen LogP) is 4.21. The fraction of sp³-hybridized carbons (Fsp3) is 0.227. The van der Waals surface area contributed by atoms with E-state index in [1.807, 2.05) is 56.3 Å². The average Bonchev–Trinajstić information content (AvgIpc) is 3.13. The minimum atomic E-state index is -0.123. The Labute approximate surface area is 164 Å². The predicted molar refractivity (Wildman–Crippen MR) is 109 cm³/mol. The zero-order valence-electron chi connectivity index (χ0n) is 15.9. The molecule has 0 saturated carbocycles. The summed E-state index contributed by atoms with van der Waals surface area (Å²) in [6, 6.07) is 17.3. The van der Waals surface area contributed by atoms with Crippen molar-refractivity contribution in [3.8, 4) is 5.75 Å². The van der Waals surface area contributed by atoms with Gasteiger partial charge in [-0.05, 0) is 44.0 Å². The van der Waals surface area contributed by atoms with Gasteiger partial charge in [0.25, 0.3) is 5.91 Å². The molecule has 3 aromatic rings. The van der Waals surface area contributed by atoms with Crippen LogP contribution in [0, 0.1) is 0 Å². The number of benzene rings is 2. The van der Waals surface area contributed by atoms with Crippen LogP contribution < -0.4 is 15.0 Å². The van der Waals surface area contributed by atoms with Gasteiger partial charge >= 0.3 is 0 Å². The van der Waals surface area contributed by atoms with Gasteiger partial charge in [0, 0.05) is 18.3 Å². The third-order valence-corrected chi connectivity index (χ3v) is 4.53. The van der Waals surface area contributed by atoms with Crippen LogP contribution in [0.1, 0.15) is 29.9 Å². The number of amides is 1. The third kappa shape index (κ3) is 3.67. The minimum absolute atomic E-state index is 0.0562. The number of aromatic nitrogens is 2. The molecular formula is C22H22N4O2. The maximum atomic E-state index is 13.0. The lowest BCUT2D eigenvalue weighted by molar-refractivity contribution is 0.0984. The molecule has 0 radical (unpaired) electrons. The molecule has 1 N–H and O–H groups in total. The Morgan fingerprint density at radius 2 is 1.89 bits per heavy atom. The van der Waals surface area contributed by atoms with Gasteiger partial charge in [0.2, 0.25) is 0 Å². The number of hydrogen-bond acceptors (Lipinski definition) is 5. The summed E-state index contributed by atoms with van der Waals surface area (Å²) in [4.78, 5) is 23.2. The van der Waals surface area contributed by atoms with Crippen molar-refractivity contribution in [1.29, 1.82) is 0 Å². The molecule has 6 heteroatoms. The number of ether oxygens (including phenoxy) is 1. The largest absolute Gasteiger partial charge is 0.489 e. The summed E-state index contributed by atoms with van der Waals surface area (Å²) >= 11 is 0. The summed E-state index contributed by atoms with van der Waals surface area (Å²) < 4.78 is 5.83. The highest BCUT2D eigenvalue weighted by Gasteiger charge is 2.26. The second-order valence-corrected chi connectivity index (χ2v) is 6.91. The molecule has 1 aliphatic heterocycles. The van der Waals surface area contributed by atoms with Gasteiger partial charge in [-0.2, -0.15) is 0 Å². The molecule has 0 unspecified atom stereocenters. The molecule has 0 saturated heterocycles. The van der Waals surface area contributed by atoms with E-state index in [0.717, 1.165) is 23.5 Å². The van der Waals surface area contributed by atoms with Gasteiger partial charge in [-0.1, -0.05) is 30.3 Å². The van der Waals surface area contributed by atoms with Crippen LogP contribution in [0.3, 0.4) is 0 Å². The summed E-state index contributed by atoms with van der Waals surface area (Å²) in [6.45, 7) is 4.62. The molecular weight excluding hydrogens is 352 g/mol. The number of hydrogen-bond donors (Lipinski definition) is 1. The van der Waals surface area contributed by atoms with Crippen LogP contribution in [-0.4, -0.2) is 28.5 Å². The van der Waals surface area contributed by atoms with E-state index in [2.05, 4.69) is 21.4 Å². The van der Waals surface area contributed by atoms with Crippen molar-refractivity contribution in [2.45, 2.75) is 26.4 Å². The molecule has 0 aliphatic carbocycles. The van der Waals surface area contributed by atoms with Crippen molar-refractivity contribution in [3.63, 3.8) is 0 Å². The molecule has 2 heterocycles. The molecule has 1 aromatic heterocycles. The highest BCUT2D eigenvalue weighted by molar-refractivity contribution is 6.06. The van der Waals surface area contributed by atoms with Gasteiger partial charge in [0.15, 0.2) is 0 Å². The van der Waals surface area contributed by atoms with Crippen LogP contribution in [0.15, 0.2) is 60.9 Å². The van der Waals surface area contributed by atoms with E-state index >= 15 is 0 Å². The standard InChI is InChI=1S/C22H22N4O2/c1-15(2)28-20-10-6-4-8-17(20)25-21-13-18(23-14-24-21)22(27)26-12-11-16-7-3-5-9-19(16)26/h3-10,13-15H,11-12H2,1-2H3,(H,23,24,25). The van der Waals surface area contributed by atoms with E-state index in [4.69, 9.17) is 4.74 Å². The number of para-hydroxylation sites is 3. The molecule has 0 bridgehead atoms. The fourth-order valence-electron chi connectivity index (χ4n) is 3.29. The van der Waals surface area contributed by atoms with Gasteiger partial charge in [-0.3, -0.25) is 4.79 Å². The van der Waals surface area contributed by atoms with Crippen LogP contribution >= 0.6 is 0 Å². The van der Waals surface area contributed by atoms with Gasteiger partial charge in [-0.15, -0.1) is 0 Å². The molecule has 2 aromatic carbocycles. The Bertz CT molecular complexity index is 1000. The summed E-state index contributed by atoms with van der Waals surface area (Å²) in [5, 5.41) is 3.24. The first-order valence-corrected chi connectivity index (χ1v) is 9.36. The molecule has 4 rings (SSSR count). The third-order valence-electron chi connectivity index (χ3n) is 4.53. The molecule has 0 atom stereocenters. The summed E-state index contributed by atoms with van der Waals surface area (Å²) in [6.07, 6.45) is 2.32. The number of nitrogens with one attached hydrogen (secondary N) is 1. The van der Waals surface area contributed by atoms with Crippen molar-refractivity contribution in [3.05, 3.63) is 72.2 Å². The molecule has 0 spiro atoms. The number of carbonyl (C=O) groups is 1. The maximum absolute atomic E-state index is 13.0. The van der Waals surface area contributed by atoms with Crippen LogP contribution in [0.4, 0.5) is 17.2 Å². The first kappa shape index (κ1) is 18.0. The van der Waals surface area contributed by atoms with Gasteiger partial charge in [0.05, 0.1) is 11.8 Å². The quantitative estimate of drug-likeness (QED) is 0.725. The van der Waals surface area contributed by atoms with Gasteiger partial charge < -0.3 is 15.0 Å². The minimum Gasteiger partial charge on any atom is -0.489 e. The van der Waals surface area contributed by atoms with Crippen molar-refractivity contribution in [2.24, 2.45) is 0 Å². The molecule has 28 heavy (non-hydrogen) atoms. The lowest BCUT2D eigenvalue weighted by Crippen LogP contribution is -2.29. The van der Waals surface area contributed by atoms with Crippen LogP contribution in [-0.2, 0) is 6.42 Å². The van der Waals surface area contributed by atoms with E-state index < -0.39 is 0 Å². The molecule has 0 fully saturated rings. The Morgan fingerprint density at radius 3 is 2.75 bits per heavy atom. The first-order chi connectivity index (χ1) is 13.6. The first-order valence-electron chi connectivity index (χ1n) is 9.36. The van der Waals surface area contributed by atoms with E-state index in [9.17, 15) is 4.79 Å². The molecule has 6 nitrogen and oxygen atoms in total. The summed E-state index contributed by atoms with van der Waals surface area (Å²) in [5.74, 6) is 1.16. The van der Waals surface area contributed by atoms with Crippen molar-refractivity contribution in [1.82, 2.24) is 9.97 Å². The average molecular weight is 374 g/mol. The molecule has 142 valence electrons. The highest BCUT2D eigenvalue weighted by atomic mass is 16.5. The van der Waals surface area contributed by atoms with Gasteiger partial charge in [0.1, 0.15) is 23.6 Å². The zero-order chi connectivity index (χ0) is 19.5. The van der Waals surface area contributed by atoms with Crippen molar-refractivity contribution >= 4 is 23.1 Å². The Balaban J connectivity index is 1.57. The fourth-order valence-corrected chi connectivity index (χ4v) is 3.29. The van der Waals surface area contributed by atoms with Crippen molar-refractivity contribution in [2.75, 3.05) is 16.8 Å². The smallest absolute Gasteiger partial charge is 0.277 e.